The first-order valence-electron chi connectivity index (χ1n) is 6.53. The van der Waals surface area contributed by atoms with Crippen molar-refractivity contribution in [3.63, 3.8) is 0 Å². The van der Waals surface area contributed by atoms with E-state index in [1.165, 1.54) is 12.1 Å². The fraction of sp³-hybridized carbons (Fsp3) is 0.714. The van der Waals surface area contributed by atoms with Crippen LogP contribution in [-0.4, -0.2) is 9.78 Å². The Kier molecular flexibility index (Phi) is 3.24. The number of rotatable bonds is 3. The molecule has 1 aromatic rings. The molecule has 2 unspecified atom stereocenters. The summed E-state index contributed by atoms with van der Waals surface area (Å²) in [7, 11) is 0. The second kappa shape index (κ2) is 4.52. The maximum Gasteiger partial charge on any atom is 0.0693 e. The molecule has 0 saturated heterocycles. The van der Waals surface area contributed by atoms with Crippen LogP contribution in [0.5, 0.6) is 0 Å². The second-order valence-electron chi connectivity index (χ2n) is 5.51. The highest BCUT2D eigenvalue weighted by Gasteiger charge is 2.38. The van der Waals surface area contributed by atoms with Gasteiger partial charge in [-0.15, -0.1) is 0 Å². The molecule has 0 radical (unpaired) electrons. The number of nitriles is 1. The van der Waals surface area contributed by atoms with Gasteiger partial charge in [-0.2, -0.15) is 10.4 Å². The molecule has 2 rings (SSSR count). The van der Waals surface area contributed by atoms with E-state index >= 15 is 0 Å². The van der Waals surface area contributed by atoms with E-state index in [9.17, 15) is 5.26 Å². The Labute approximate surface area is 103 Å². The van der Waals surface area contributed by atoms with Crippen LogP contribution in [0.25, 0.3) is 0 Å². The first kappa shape index (κ1) is 12.2. The number of hydrogen-bond acceptors (Lipinski definition) is 2. The number of aryl methyl sites for hydroxylation is 2. The normalized spacial score (nSPS) is 28.2. The van der Waals surface area contributed by atoms with Gasteiger partial charge in [0.15, 0.2) is 0 Å². The smallest absolute Gasteiger partial charge is 0.0693 e. The molecule has 17 heavy (non-hydrogen) atoms. The van der Waals surface area contributed by atoms with E-state index in [0.717, 1.165) is 31.5 Å². The van der Waals surface area contributed by atoms with Crippen LogP contribution in [-0.2, 0) is 13.0 Å². The zero-order chi connectivity index (χ0) is 12.5. The Balaban J connectivity index is 2.22. The van der Waals surface area contributed by atoms with E-state index in [1.807, 2.05) is 11.6 Å². The van der Waals surface area contributed by atoms with Crippen molar-refractivity contribution in [2.75, 3.05) is 0 Å². The van der Waals surface area contributed by atoms with Gasteiger partial charge >= 0.3 is 0 Å². The van der Waals surface area contributed by atoms with Gasteiger partial charge in [-0.05, 0) is 45.1 Å². The van der Waals surface area contributed by atoms with Crippen molar-refractivity contribution in [3.05, 3.63) is 17.5 Å². The van der Waals surface area contributed by atoms with Crippen molar-refractivity contribution in [3.8, 4) is 6.07 Å². The second-order valence-corrected chi connectivity index (χ2v) is 5.51. The third-order valence-corrected chi connectivity index (χ3v) is 3.90. The lowest BCUT2D eigenvalue weighted by Crippen LogP contribution is -2.20. The summed E-state index contributed by atoms with van der Waals surface area (Å²) in [5.74, 6) is 0.689. The van der Waals surface area contributed by atoms with Crippen LogP contribution in [0.15, 0.2) is 6.07 Å². The van der Waals surface area contributed by atoms with E-state index in [-0.39, 0.29) is 5.41 Å². The monoisotopic (exact) mass is 231 g/mol. The Bertz CT molecular complexity index is 441. The quantitative estimate of drug-likeness (QED) is 0.802. The molecule has 1 fully saturated rings. The lowest BCUT2D eigenvalue weighted by molar-refractivity contribution is 0.377. The standard InChI is InChI=1S/C14H21N3/c1-4-17-13(7-12(3)16-17)9-14(10-15)6-5-11(2)8-14/h7,11H,4-6,8-9H2,1-3H3. The maximum absolute atomic E-state index is 9.49. The van der Waals surface area contributed by atoms with E-state index < -0.39 is 0 Å². The van der Waals surface area contributed by atoms with Crippen molar-refractivity contribution >= 4 is 0 Å². The van der Waals surface area contributed by atoms with E-state index in [1.54, 1.807) is 0 Å². The molecule has 1 heterocycles. The predicted octanol–water partition coefficient (Wildman–Crippen LogP) is 3.08. The highest BCUT2D eigenvalue weighted by atomic mass is 15.3. The maximum atomic E-state index is 9.49. The lowest BCUT2D eigenvalue weighted by atomic mass is 9.82. The molecule has 1 aromatic heterocycles. The zero-order valence-electron chi connectivity index (χ0n) is 11.0. The van der Waals surface area contributed by atoms with Gasteiger partial charge < -0.3 is 0 Å². The van der Waals surface area contributed by atoms with E-state index in [4.69, 9.17) is 0 Å². The molecule has 1 saturated carbocycles. The number of aromatic nitrogens is 2. The molecule has 3 nitrogen and oxygen atoms in total. The van der Waals surface area contributed by atoms with Gasteiger partial charge in [-0.25, -0.2) is 0 Å². The van der Waals surface area contributed by atoms with Gasteiger partial charge in [0.25, 0.3) is 0 Å². The predicted molar refractivity (Wildman–Crippen MR) is 67.4 cm³/mol. The third kappa shape index (κ3) is 2.36. The van der Waals surface area contributed by atoms with Gasteiger partial charge in [-0.3, -0.25) is 4.68 Å². The molecular weight excluding hydrogens is 210 g/mol. The molecule has 1 aliphatic rings. The SMILES string of the molecule is CCn1nc(C)cc1CC1(C#N)CCC(C)C1. The minimum absolute atomic E-state index is 0.140. The highest BCUT2D eigenvalue weighted by Crippen LogP contribution is 2.43. The highest BCUT2D eigenvalue weighted by molar-refractivity contribution is 5.16. The molecule has 0 N–H and O–H groups in total. The average Bonchev–Trinajstić information content (AvgIpc) is 2.83. The topological polar surface area (TPSA) is 41.6 Å². The minimum atomic E-state index is -0.140. The van der Waals surface area contributed by atoms with Gasteiger partial charge in [0.05, 0.1) is 17.2 Å². The molecule has 0 amide bonds. The minimum Gasteiger partial charge on any atom is -0.270 e. The Morgan fingerprint density at radius 3 is 2.94 bits per heavy atom. The van der Waals surface area contributed by atoms with Gasteiger partial charge in [0.2, 0.25) is 0 Å². The van der Waals surface area contributed by atoms with Crippen molar-refractivity contribution in [2.24, 2.45) is 11.3 Å². The summed E-state index contributed by atoms with van der Waals surface area (Å²) in [5.41, 5.74) is 2.14. The van der Waals surface area contributed by atoms with Crippen molar-refractivity contribution < 1.29 is 0 Å². The van der Waals surface area contributed by atoms with E-state index in [0.29, 0.717) is 5.92 Å². The Hall–Kier alpha value is -1.30. The van der Waals surface area contributed by atoms with Gasteiger partial charge in [-0.1, -0.05) is 6.92 Å². The van der Waals surface area contributed by atoms with Crippen molar-refractivity contribution in [1.29, 1.82) is 5.26 Å². The largest absolute Gasteiger partial charge is 0.270 e. The van der Waals surface area contributed by atoms with Gasteiger partial charge in [0, 0.05) is 18.7 Å². The fourth-order valence-corrected chi connectivity index (χ4v) is 3.06. The van der Waals surface area contributed by atoms with Crippen LogP contribution >= 0.6 is 0 Å². The Morgan fingerprint density at radius 2 is 2.41 bits per heavy atom. The summed E-state index contributed by atoms with van der Waals surface area (Å²) < 4.78 is 2.04. The molecule has 0 aromatic carbocycles. The van der Waals surface area contributed by atoms with Crippen molar-refractivity contribution in [1.82, 2.24) is 9.78 Å². The first-order chi connectivity index (χ1) is 8.08. The molecule has 1 aliphatic carbocycles. The van der Waals surface area contributed by atoms with Crippen LogP contribution in [0.3, 0.4) is 0 Å². The number of nitrogens with zero attached hydrogens (tertiary/aromatic N) is 3. The van der Waals surface area contributed by atoms with E-state index in [2.05, 4.69) is 31.1 Å². The van der Waals surface area contributed by atoms with Crippen LogP contribution < -0.4 is 0 Å². The van der Waals surface area contributed by atoms with Crippen LogP contribution in [0.4, 0.5) is 0 Å². The molecule has 0 bridgehead atoms. The molecule has 3 heteroatoms. The summed E-state index contributed by atoms with van der Waals surface area (Å²) in [4.78, 5) is 0. The molecule has 0 spiro atoms. The van der Waals surface area contributed by atoms with Crippen LogP contribution in [0.1, 0.15) is 44.5 Å². The Morgan fingerprint density at radius 1 is 1.65 bits per heavy atom. The lowest BCUT2D eigenvalue weighted by Gasteiger charge is -2.20. The fourth-order valence-electron chi connectivity index (χ4n) is 3.06. The molecule has 2 atom stereocenters. The number of hydrogen-bond donors (Lipinski definition) is 0. The summed E-state index contributed by atoms with van der Waals surface area (Å²) in [5, 5.41) is 13.9. The first-order valence-corrected chi connectivity index (χ1v) is 6.53. The molecule has 92 valence electrons. The third-order valence-electron chi connectivity index (χ3n) is 3.90. The summed E-state index contributed by atoms with van der Waals surface area (Å²) in [6.07, 6.45) is 4.13. The molecule has 0 aliphatic heterocycles. The zero-order valence-corrected chi connectivity index (χ0v) is 11.0. The summed E-state index contributed by atoms with van der Waals surface area (Å²) in [6.45, 7) is 7.26. The van der Waals surface area contributed by atoms with Crippen LogP contribution in [0.2, 0.25) is 0 Å². The molecular formula is C14H21N3. The summed E-state index contributed by atoms with van der Waals surface area (Å²) in [6, 6.07) is 4.71. The van der Waals surface area contributed by atoms with Crippen LogP contribution in [0, 0.1) is 29.6 Å². The average molecular weight is 231 g/mol. The van der Waals surface area contributed by atoms with Gasteiger partial charge in [0.1, 0.15) is 0 Å². The van der Waals surface area contributed by atoms with Crippen molar-refractivity contribution in [2.45, 2.75) is 53.0 Å². The summed E-state index contributed by atoms with van der Waals surface area (Å²) >= 11 is 0.